The number of esters is 1. The van der Waals surface area contributed by atoms with Gasteiger partial charge in [0.15, 0.2) is 5.13 Å². The predicted octanol–water partition coefficient (Wildman–Crippen LogP) is 2.33. The first-order valence-electron chi connectivity index (χ1n) is 6.62. The van der Waals surface area contributed by atoms with Crippen molar-refractivity contribution in [1.29, 1.82) is 0 Å². The number of rotatable bonds is 5. The number of amides is 1. The average Bonchev–Trinajstić information content (AvgIpc) is 3.04. The lowest BCUT2D eigenvalue weighted by Crippen LogP contribution is -2.08. The van der Waals surface area contributed by atoms with Gasteiger partial charge in [-0.2, -0.15) is 0 Å². The lowest BCUT2D eigenvalue weighted by atomic mass is 10.3. The molecule has 0 saturated carbocycles. The van der Waals surface area contributed by atoms with E-state index in [0.717, 1.165) is 17.1 Å². The number of ether oxygens (including phenoxy) is 1. The number of methoxy groups -OCH3 is 1. The minimum atomic E-state index is -0.267. The lowest BCUT2D eigenvalue weighted by Gasteiger charge is -2.03. The first kappa shape index (κ1) is 16.0. The SMILES string of the molecule is COC(=O)Cc1ccc(C=Cc2csc(NC(C)=O)n2)n1C. The van der Waals surface area contributed by atoms with E-state index in [-0.39, 0.29) is 18.3 Å². The Morgan fingerprint density at radius 1 is 1.41 bits per heavy atom. The average molecular weight is 319 g/mol. The summed E-state index contributed by atoms with van der Waals surface area (Å²) in [7, 11) is 3.27. The molecular formula is C15H17N3O3S. The van der Waals surface area contributed by atoms with Gasteiger partial charge in [-0.05, 0) is 24.3 Å². The van der Waals surface area contributed by atoms with Crippen LogP contribution < -0.4 is 5.32 Å². The summed E-state index contributed by atoms with van der Waals surface area (Å²) in [6.07, 6.45) is 4.01. The van der Waals surface area contributed by atoms with Gasteiger partial charge in [0, 0.05) is 30.7 Å². The molecule has 2 aromatic rings. The third-order valence-electron chi connectivity index (χ3n) is 3.05. The van der Waals surface area contributed by atoms with E-state index in [9.17, 15) is 9.59 Å². The standard InChI is InChI=1S/C15H17N3O3S/c1-10(19)16-15-17-11(9-22-15)4-5-12-6-7-13(18(12)2)8-14(20)21-3/h4-7,9H,8H2,1-3H3,(H,16,17,19). The summed E-state index contributed by atoms with van der Waals surface area (Å²) >= 11 is 1.37. The fourth-order valence-electron chi connectivity index (χ4n) is 1.88. The molecule has 0 saturated heterocycles. The fourth-order valence-corrected chi connectivity index (χ4v) is 2.60. The van der Waals surface area contributed by atoms with E-state index in [1.54, 1.807) is 0 Å². The second kappa shape index (κ2) is 7.04. The highest BCUT2D eigenvalue weighted by Crippen LogP contribution is 2.18. The maximum absolute atomic E-state index is 11.3. The van der Waals surface area contributed by atoms with Crippen LogP contribution in [0.25, 0.3) is 12.2 Å². The highest BCUT2D eigenvalue weighted by atomic mass is 32.1. The van der Waals surface area contributed by atoms with Crippen molar-refractivity contribution in [3.63, 3.8) is 0 Å². The van der Waals surface area contributed by atoms with E-state index in [0.29, 0.717) is 5.13 Å². The normalized spacial score (nSPS) is 10.9. The molecule has 0 unspecified atom stereocenters. The van der Waals surface area contributed by atoms with Gasteiger partial charge in [-0.25, -0.2) is 4.98 Å². The van der Waals surface area contributed by atoms with E-state index in [1.807, 2.05) is 41.3 Å². The molecule has 0 spiro atoms. The van der Waals surface area contributed by atoms with Gasteiger partial charge in [0.1, 0.15) is 0 Å². The molecule has 0 aliphatic rings. The summed E-state index contributed by atoms with van der Waals surface area (Å²) in [5.41, 5.74) is 2.60. The number of carbonyl (C=O) groups is 2. The summed E-state index contributed by atoms with van der Waals surface area (Å²) in [5.74, 6) is -0.407. The van der Waals surface area contributed by atoms with Gasteiger partial charge >= 0.3 is 5.97 Å². The van der Waals surface area contributed by atoms with Gasteiger partial charge in [0.2, 0.25) is 5.91 Å². The van der Waals surface area contributed by atoms with Crippen molar-refractivity contribution in [3.05, 3.63) is 34.6 Å². The second-order valence-corrected chi connectivity index (χ2v) is 5.51. The molecule has 22 heavy (non-hydrogen) atoms. The maximum Gasteiger partial charge on any atom is 0.311 e. The first-order valence-corrected chi connectivity index (χ1v) is 7.50. The molecule has 0 bridgehead atoms. The van der Waals surface area contributed by atoms with Crippen LogP contribution in [-0.4, -0.2) is 28.5 Å². The number of anilines is 1. The molecule has 116 valence electrons. The van der Waals surface area contributed by atoms with E-state index in [2.05, 4.69) is 15.0 Å². The van der Waals surface area contributed by atoms with Gasteiger partial charge in [0.25, 0.3) is 0 Å². The quantitative estimate of drug-likeness (QED) is 0.859. The Kier molecular flexibility index (Phi) is 5.11. The third-order valence-corrected chi connectivity index (χ3v) is 3.82. The highest BCUT2D eigenvalue weighted by molar-refractivity contribution is 7.14. The third kappa shape index (κ3) is 4.05. The number of thiazole rings is 1. The predicted molar refractivity (Wildman–Crippen MR) is 86.5 cm³/mol. The molecule has 0 aliphatic carbocycles. The maximum atomic E-state index is 11.3. The minimum Gasteiger partial charge on any atom is -0.469 e. The van der Waals surface area contributed by atoms with E-state index in [1.165, 1.54) is 25.4 Å². The zero-order valence-corrected chi connectivity index (χ0v) is 13.4. The molecule has 0 aromatic carbocycles. The van der Waals surface area contributed by atoms with Gasteiger partial charge in [-0.1, -0.05) is 0 Å². The Balaban J connectivity index is 2.08. The molecular weight excluding hydrogens is 302 g/mol. The van der Waals surface area contributed by atoms with Crippen LogP contribution in [0, 0.1) is 0 Å². The van der Waals surface area contributed by atoms with Crippen molar-refractivity contribution < 1.29 is 14.3 Å². The monoisotopic (exact) mass is 319 g/mol. The zero-order valence-electron chi connectivity index (χ0n) is 12.6. The van der Waals surface area contributed by atoms with E-state index >= 15 is 0 Å². The van der Waals surface area contributed by atoms with Crippen LogP contribution in [0.5, 0.6) is 0 Å². The first-order chi connectivity index (χ1) is 10.5. The van der Waals surface area contributed by atoms with E-state index < -0.39 is 0 Å². The Morgan fingerprint density at radius 3 is 2.86 bits per heavy atom. The molecule has 0 fully saturated rings. The Labute approximate surface area is 132 Å². The molecule has 1 N–H and O–H groups in total. The number of hydrogen-bond donors (Lipinski definition) is 1. The van der Waals surface area contributed by atoms with Gasteiger partial charge in [-0.3, -0.25) is 9.59 Å². The van der Waals surface area contributed by atoms with Crippen molar-refractivity contribution in [2.75, 3.05) is 12.4 Å². The molecule has 0 aliphatic heterocycles. The second-order valence-electron chi connectivity index (χ2n) is 4.65. The number of nitrogens with zero attached hydrogens (tertiary/aromatic N) is 2. The van der Waals surface area contributed by atoms with Crippen molar-refractivity contribution in [2.24, 2.45) is 7.05 Å². The topological polar surface area (TPSA) is 73.2 Å². The van der Waals surface area contributed by atoms with Crippen molar-refractivity contribution >= 4 is 40.5 Å². The Bertz CT molecular complexity index is 715. The summed E-state index contributed by atoms with van der Waals surface area (Å²) in [4.78, 5) is 26.6. The van der Waals surface area contributed by atoms with Crippen LogP contribution in [0.15, 0.2) is 17.5 Å². The number of carbonyl (C=O) groups excluding carboxylic acids is 2. The fraction of sp³-hybridized carbons (Fsp3) is 0.267. The van der Waals surface area contributed by atoms with Gasteiger partial charge in [-0.15, -0.1) is 11.3 Å². The lowest BCUT2D eigenvalue weighted by molar-refractivity contribution is -0.139. The Hall–Kier alpha value is -2.41. The molecule has 0 atom stereocenters. The van der Waals surface area contributed by atoms with Crippen LogP contribution in [0.1, 0.15) is 24.0 Å². The molecule has 2 heterocycles. The minimum absolute atomic E-state index is 0.139. The largest absolute Gasteiger partial charge is 0.469 e. The number of hydrogen-bond acceptors (Lipinski definition) is 5. The summed E-state index contributed by atoms with van der Waals surface area (Å²) in [5, 5.41) is 5.08. The zero-order chi connectivity index (χ0) is 16.1. The van der Waals surface area contributed by atoms with E-state index in [4.69, 9.17) is 0 Å². The molecule has 2 aromatic heterocycles. The van der Waals surface area contributed by atoms with Gasteiger partial charge < -0.3 is 14.6 Å². The molecule has 2 rings (SSSR count). The molecule has 7 heteroatoms. The van der Waals surface area contributed by atoms with Crippen molar-refractivity contribution in [1.82, 2.24) is 9.55 Å². The van der Waals surface area contributed by atoms with Crippen molar-refractivity contribution in [3.8, 4) is 0 Å². The van der Waals surface area contributed by atoms with Crippen LogP contribution >= 0.6 is 11.3 Å². The van der Waals surface area contributed by atoms with Gasteiger partial charge in [0.05, 0.1) is 19.2 Å². The summed E-state index contributed by atoms with van der Waals surface area (Å²) < 4.78 is 6.59. The van der Waals surface area contributed by atoms with Crippen molar-refractivity contribution in [2.45, 2.75) is 13.3 Å². The number of nitrogens with one attached hydrogen (secondary N) is 1. The molecule has 0 radical (unpaired) electrons. The van der Waals surface area contributed by atoms with Crippen LogP contribution in [0.2, 0.25) is 0 Å². The van der Waals surface area contributed by atoms with Crippen LogP contribution in [0.3, 0.4) is 0 Å². The Morgan fingerprint density at radius 2 is 2.18 bits per heavy atom. The van der Waals surface area contributed by atoms with Crippen LogP contribution in [0.4, 0.5) is 5.13 Å². The summed E-state index contributed by atoms with van der Waals surface area (Å²) in [6, 6.07) is 3.82. The number of aromatic nitrogens is 2. The summed E-state index contributed by atoms with van der Waals surface area (Å²) in [6.45, 7) is 1.45. The molecule has 6 nitrogen and oxygen atoms in total. The highest BCUT2D eigenvalue weighted by Gasteiger charge is 2.08. The smallest absolute Gasteiger partial charge is 0.311 e. The molecule has 1 amide bonds. The van der Waals surface area contributed by atoms with Crippen LogP contribution in [-0.2, 0) is 27.8 Å².